The van der Waals surface area contributed by atoms with Gasteiger partial charge in [-0.1, -0.05) is 12.1 Å². The van der Waals surface area contributed by atoms with Crippen LogP contribution < -0.4 is 0 Å². The third kappa shape index (κ3) is 3.14. The SMILES string of the molecule is Cn1cc([C@H]2CCCN2C[C@@H](O)c2cccc(F)c2)cn1. The van der Waals surface area contributed by atoms with Crippen molar-refractivity contribution in [2.75, 3.05) is 13.1 Å². The summed E-state index contributed by atoms with van der Waals surface area (Å²) in [4.78, 5) is 2.26. The Morgan fingerprint density at radius 3 is 3.05 bits per heavy atom. The number of aromatic nitrogens is 2. The van der Waals surface area contributed by atoms with Crippen LogP contribution in [0.4, 0.5) is 4.39 Å². The maximum Gasteiger partial charge on any atom is 0.123 e. The molecule has 5 heteroatoms. The molecule has 0 amide bonds. The topological polar surface area (TPSA) is 41.3 Å². The highest BCUT2D eigenvalue weighted by molar-refractivity contribution is 5.20. The van der Waals surface area contributed by atoms with Crippen molar-refractivity contribution >= 4 is 0 Å². The van der Waals surface area contributed by atoms with Crippen molar-refractivity contribution in [1.29, 1.82) is 0 Å². The number of aryl methyl sites for hydroxylation is 1. The van der Waals surface area contributed by atoms with Crippen LogP contribution in [0.1, 0.15) is 36.1 Å². The minimum Gasteiger partial charge on any atom is -0.387 e. The Labute approximate surface area is 123 Å². The van der Waals surface area contributed by atoms with Crippen LogP contribution in [0.3, 0.4) is 0 Å². The highest BCUT2D eigenvalue weighted by Gasteiger charge is 2.28. The van der Waals surface area contributed by atoms with Gasteiger partial charge in [-0.25, -0.2) is 4.39 Å². The summed E-state index contributed by atoms with van der Waals surface area (Å²) in [7, 11) is 1.91. The van der Waals surface area contributed by atoms with Gasteiger partial charge in [-0.2, -0.15) is 5.10 Å². The molecule has 0 aliphatic carbocycles. The lowest BCUT2D eigenvalue weighted by atomic mass is 10.1. The van der Waals surface area contributed by atoms with E-state index in [0.29, 0.717) is 18.2 Å². The van der Waals surface area contributed by atoms with Gasteiger partial charge in [0, 0.05) is 31.4 Å². The van der Waals surface area contributed by atoms with Crippen LogP contribution in [-0.4, -0.2) is 32.9 Å². The number of hydrogen-bond acceptors (Lipinski definition) is 3. The molecule has 2 atom stereocenters. The summed E-state index contributed by atoms with van der Waals surface area (Å²) in [5.41, 5.74) is 1.81. The van der Waals surface area contributed by atoms with Crippen molar-refractivity contribution in [2.24, 2.45) is 7.05 Å². The number of aliphatic hydroxyl groups is 1. The lowest BCUT2D eigenvalue weighted by Crippen LogP contribution is -2.28. The number of likely N-dealkylation sites (tertiary alicyclic amines) is 1. The zero-order valence-electron chi connectivity index (χ0n) is 12.1. The zero-order chi connectivity index (χ0) is 14.8. The maximum atomic E-state index is 13.2. The first-order chi connectivity index (χ1) is 10.1. The van der Waals surface area contributed by atoms with Crippen molar-refractivity contribution in [3.63, 3.8) is 0 Å². The second kappa shape index (κ2) is 5.95. The summed E-state index contributed by atoms with van der Waals surface area (Å²) in [6.07, 6.45) is 5.42. The van der Waals surface area contributed by atoms with Crippen LogP contribution in [0.2, 0.25) is 0 Å². The number of halogens is 1. The van der Waals surface area contributed by atoms with E-state index in [1.165, 1.54) is 17.7 Å². The van der Waals surface area contributed by atoms with Gasteiger partial charge in [-0.05, 0) is 37.1 Å². The minimum absolute atomic E-state index is 0.293. The van der Waals surface area contributed by atoms with E-state index in [2.05, 4.69) is 10.00 Å². The summed E-state index contributed by atoms with van der Waals surface area (Å²) in [5, 5.41) is 14.6. The van der Waals surface area contributed by atoms with Gasteiger partial charge >= 0.3 is 0 Å². The monoisotopic (exact) mass is 289 g/mol. The quantitative estimate of drug-likeness (QED) is 0.940. The van der Waals surface area contributed by atoms with Gasteiger partial charge in [-0.3, -0.25) is 9.58 Å². The van der Waals surface area contributed by atoms with E-state index in [4.69, 9.17) is 0 Å². The second-order valence-corrected chi connectivity index (χ2v) is 5.67. The highest BCUT2D eigenvalue weighted by Crippen LogP contribution is 2.33. The fourth-order valence-corrected chi connectivity index (χ4v) is 3.08. The number of hydrogen-bond donors (Lipinski definition) is 1. The van der Waals surface area contributed by atoms with Crippen LogP contribution in [0, 0.1) is 5.82 Å². The van der Waals surface area contributed by atoms with Crippen LogP contribution in [0.5, 0.6) is 0 Å². The van der Waals surface area contributed by atoms with Crippen molar-refractivity contribution in [2.45, 2.75) is 25.0 Å². The molecule has 0 unspecified atom stereocenters. The Bertz CT molecular complexity index is 613. The molecule has 1 saturated heterocycles. The molecule has 4 nitrogen and oxygen atoms in total. The van der Waals surface area contributed by atoms with Crippen LogP contribution in [0.25, 0.3) is 0 Å². The molecular formula is C16H20FN3O. The average molecular weight is 289 g/mol. The van der Waals surface area contributed by atoms with E-state index in [-0.39, 0.29) is 5.82 Å². The molecule has 1 fully saturated rings. The summed E-state index contributed by atoms with van der Waals surface area (Å²) >= 11 is 0. The van der Waals surface area contributed by atoms with E-state index in [1.807, 2.05) is 19.4 Å². The van der Waals surface area contributed by atoms with Gasteiger partial charge in [0.05, 0.1) is 12.3 Å². The molecule has 112 valence electrons. The predicted octanol–water partition coefficient (Wildman–Crippen LogP) is 2.43. The molecule has 21 heavy (non-hydrogen) atoms. The Morgan fingerprint density at radius 2 is 2.33 bits per heavy atom. The van der Waals surface area contributed by atoms with Gasteiger partial charge in [0.2, 0.25) is 0 Å². The number of nitrogens with zero attached hydrogens (tertiary/aromatic N) is 3. The molecular weight excluding hydrogens is 269 g/mol. The van der Waals surface area contributed by atoms with E-state index >= 15 is 0 Å². The molecule has 3 rings (SSSR count). The molecule has 0 saturated carbocycles. The third-order valence-corrected chi connectivity index (χ3v) is 4.11. The first-order valence-corrected chi connectivity index (χ1v) is 7.29. The molecule has 1 aliphatic heterocycles. The van der Waals surface area contributed by atoms with Crippen molar-refractivity contribution in [3.05, 3.63) is 53.6 Å². The van der Waals surface area contributed by atoms with E-state index < -0.39 is 6.10 Å². The first-order valence-electron chi connectivity index (χ1n) is 7.29. The second-order valence-electron chi connectivity index (χ2n) is 5.67. The van der Waals surface area contributed by atoms with E-state index in [9.17, 15) is 9.50 Å². The molecule has 0 spiro atoms. The number of β-amino-alcohol motifs (C(OH)–C–C–N with tert-alkyl or cyclic N) is 1. The Balaban J connectivity index is 1.71. The molecule has 0 bridgehead atoms. The minimum atomic E-state index is -0.669. The lowest BCUT2D eigenvalue weighted by molar-refractivity contribution is 0.106. The summed E-state index contributed by atoms with van der Waals surface area (Å²) < 4.78 is 15.1. The lowest BCUT2D eigenvalue weighted by Gasteiger charge is -2.26. The smallest absolute Gasteiger partial charge is 0.123 e. The third-order valence-electron chi connectivity index (χ3n) is 4.11. The van der Waals surface area contributed by atoms with Crippen molar-refractivity contribution < 1.29 is 9.50 Å². The van der Waals surface area contributed by atoms with Gasteiger partial charge in [0.25, 0.3) is 0 Å². The van der Waals surface area contributed by atoms with E-state index in [1.54, 1.807) is 16.8 Å². The van der Waals surface area contributed by atoms with Gasteiger partial charge in [0.15, 0.2) is 0 Å². The Kier molecular flexibility index (Phi) is 4.03. The molecule has 2 aromatic rings. The van der Waals surface area contributed by atoms with Crippen LogP contribution >= 0.6 is 0 Å². The number of benzene rings is 1. The molecule has 2 heterocycles. The van der Waals surface area contributed by atoms with Crippen molar-refractivity contribution in [3.8, 4) is 0 Å². The highest BCUT2D eigenvalue weighted by atomic mass is 19.1. The standard InChI is InChI=1S/C16H20FN3O/c1-19-10-13(9-18-19)15-6-3-7-20(15)11-16(21)12-4-2-5-14(17)8-12/h2,4-5,8-10,15-16,21H,3,6-7,11H2,1H3/t15-,16-/m1/s1. The van der Waals surface area contributed by atoms with Crippen molar-refractivity contribution in [1.82, 2.24) is 14.7 Å². The van der Waals surface area contributed by atoms with Gasteiger partial charge in [0.1, 0.15) is 5.82 Å². The Morgan fingerprint density at radius 1 is 1.48 bits per heavy atom. The summed E-state index contributed by atoms with van der Waals surface area (Å²) in [6.45, 7) is 1.47. The number of rotatable bonds is 4. The average Bonchev–Trinajstić information content (AvgIpc) is 3.07. The van der Waals surface area contributed by atoms with Crippen LogP contribution in [-0.2, 0) is 7.05 Å². The van der Waals surface area contributed by atoms with E-state index in [0.717, 1.165) is 19.4 Å². The predicted molar refractivity (Wildman–Crippen MR) is 78.1 cm³/mol. The summed E-state index contributed by atoms with van der Waals surface area (Å²) in [6, 6.07) is 6.49. The summed E-state index contributed by atoms with van der Waals surface area (Å²) in [5.74, 6) is -0.309. The van der Waals surface area contributed by atoms with Gasteiger partial charge in [-0.15, -0.1) is 0 Å². The molecule has 1 N–H and O–H groups in total. The number of aliphatic hydroxyl groups excluding tert-OH is 1. The molecule has 0 radical (unpaired) electrons. The zero-order valence-corrected chi connectivity index (χ0v) is 12.1. The first kappa shape index (κ1) is 14.2. The fourth-order valence-electron chi connectivity index (χ4n) is 3.08. The van der Waals surface area contributed by atoms with Crippen LogP contribution in [0.15, 0.2) is 36.7 Å². The molecule has 1 aromatic carbocycles. The van der Waals surface area contributed by atoms with Gasteiger partial charge < -0.3 is 5.11 Å². The molecule has 1 aliphatic rings. The normalized spacial score (nSPS) is 20.8. The fraction of sp³-hybridized carbons (Fsp3) is 0.438. The Hall–Kier alpha value is -1.72. The largest absolute Gasteiger partial charge is 0.387 e. The maximum absolute atomic E-state index is 13.2. The molecule has 1 aromatic heterocycles.